The number of carbonyl (C=O) groups excluding carboxylic acids is 1. The molecule has 0 unspecified atom stereocenters. The number of nitrogens with zero attached hydrogens (tertiary/aromatic N) is 3. The average molecular weight is 474 g/mol. The number of aryl methyl sites for hydroxylation is 1. The first-order chi connectivity index (χ1) is 15.3. The molecular weight excluding hydrogens is 446 g/mol. The number of piperidine rings is 1. The Bertz CT molecular complexity index is 1270. The third kappa shape index (κ3) is 4.37. The van der Waals surface area contributed by atoms with E-state index in [1.165, 1.54) is 8.87 Å². The van der Waals surface area contributed by atoms with Gasteiger partial charge in [0.1, 0.15) is 0 Å². The van der Waals surface area contributed by atoms with Gasteiger partial charge in [-0.3, -0.25) is 9.59 Å². The summed E-state index contributed by atoms with van der Waals surface area (Å²) in [5.41, 5.74) is 1.81. The molecule has 170 valence electrons. The summed E-state index contributed by atoms with van der Waals surface area (Å²) in [6, 6.07) is 14.7. The Balaban J connectivity index is 1.44. The molecule has 0 aliphatic carbocycles. The number of aromatic nitrogens is 1. The molecule has 0 radical (unpaired) electrons. The lowest BCUT2D eigenvalue weighted by atomic mass is 9.96. The lowest BCUT2D eigenvalue weighted by Gasteiger charge is -2.33. The van der Waals surface area contributed by atoms with E-state index in [2.05, 4.69) is 0 Å². The molecule has 0 spiro atoms. The number of sulfonamides is 1. The summed E-state index contributed by atoms with van der Waals surface area (Å²) in [5, 5.41) is 0. The van der Waals surface area contributed by atoms with E-state index < -0.39 is 10.0 Å². The van der Waals surface area contributed by atoms with Crippen molar-refractivity contribution in [2.45, 2.75) is 31.2 Å². The van der Waals surface area contributed by atoms with Crippen molar-refractivity contribution in [3.63, 3.8) is 0 Å². The lowest BCUT2D eigenvalue weighted by Crippen LogP contribution is -2.44. The van der Waals surface area contributed by atoms with Gasteiger partial charge in [-0.2, -0.15) is 4.31 Å². The molecule has 4 rings (SSSR count). The molecule has 1 aliphatic rings. The van der Waals surface area contributed by atoms with Gasteiger partial charge in [-0.05, 0) is 43.5 Å². The molecule has 0 N–H and O–H groups in total. The van der Waals surface area contributed by atoms with Crippen LogP contribution in [0.1, 0.15) is 25.3 Å². The van der Waals surface area contributed by atoms with E-state index in [0.717, 1.165) is 22.4 Å². The van der Waals surface area contributed by atoms with E-state index in [1.807, 2.05) is 42.2 Å². The average Bonchev–Trinajstić information content (AvgIpc) is 3.10. The quantitative estimate of drug-likeness (QED) is 0.551. The van der Waals surface area contributed by atoms with Crippen LogP contribution in [-0.4, -0.2) is 47.7 Å². The number of rotatable bonds is 6. The fraction of sp³-hybridized carbons (Fsp3) is 0.391. The van der Waals surface area contributed by atoms with Crippen LogP contribution >= 0.6 is 11.3 Å². The summed E-state index contributed by atoms with van der Waals surface area (Å²) >= 11 is 1.04. The maximum Gasteiger partial charge on any atom is 0.307 e. The highest BCUT2D eigenvalue weighted by Gasteiger charge is 2.33. The van der Waals surface area contributed by atoms with Gasteiger partial charge in [0.05, 0.1) is 15.1 Å². The highest BCUT2D eigenvalue weighted by Crippen LogP contribution is 2.28. The molecule has 32 heavy (non-hydrogen) atoms. The third-order valence-corrected chi connectivity index (χ3v) is 9.00. The Labute approximate surface area is 191 Å². The Morgan fingerprint density at radius 1 is 1.12 bits per heavy atom. The molecule has 2 aromatic carbocycles. The van der Waals surface area contributed by atoms with Gasteiger partial charge in [0.25, 0.3) is 0 Å². The Morgan fingerprint density at radius 2 is 1.81 bits per heavy atom. The highest BCUT2D eigenvalue weighted by molar-refractivity contribution is 7.89. The van der Waals surface area contributed by atoms with Gasteiger partial charge in [-0.25, -0.2) is 8.42 Å². The fourth-order valence-corrected chi connectivity index (χ4v) is 6.66. The van der Waals surface area contributed by atoms with E-state index in [1.54, 1.807) is 25.2 Å². The van der Waals surface area contributed by atoms with Gasteiger partial charge >= 0.3 is 4.87 Å². The van der Waals surface area contributed by atoms with Crippen molar-refractivity contribution in [3.8, 4) is 0 Å². The van der Waals surface area contributed by atoms with Crippen LogP contribution in [0.25, 0.3) is 10.2 Å². The largest absolute Gasteiger partial charge is 0.338 e. The van der Waals surface area contributed by atoms with Crippen molar-refractivity contribution in [1.29, 1.82) is 0 Å². The molecule has 3 aromatic rings. The number of fused-ring (bicyclic) bond motifs is 1. The zero-order valence-corrected chi connectivity index (χ0v) is 19.9. The Hall–Kier alpha value is -2.49. The number of amides is 1. The molecule has 7 nitrogen and oxygen atoms in total. The van der Waals surface area contributed by atoms with Crippen molar-refractivity contribution in [1.82, 2.24) is 13.8 Å². The smallest absolute Gasteiger partial charge is 0.307 e. The normalized spacial score (nSPS) is 15.8. The molecule has 2 heterocycles. The van der Waals surface area contributed by atoms with Crippen molar-refractivity contribution in [3.05, 3.63) is 63.8 Å². The zero-order valence-electron chi connectivity index (χ0n) is 18.2. The minimum Gasteiger partial charge on any atom is -0.338 e. The topological polar surface area (TPSA) is 79.7 Å². The van der Waals surface area contributed by atoms with Gasteiger partial charge in [-0.1, -0.05) is 41.7 Å². The van der Waals surface area contributed by atoms with Gasteiger partial charge < -0.3 is 9.47 Å². The predicted octanol–water partition coefficient (Wildman–Crippen LogP) is 3.05. The summed E-state index contributed by atoms with van der Waals surface area (Å²) in [5.74, 6) is -0.0872. The first-order valence-corrected chi connectivity index (χ1v) is 13.0. The van der Waals surface area contributed by atoms with Gasteiger partial charge in [-0.15, -0.1) is 0 Å². The predicted molar refractivity (Wildman–Crippen MR) is 126 cm³/mol. The van der Waals surface area contributed by atoms with Crippen LogP contribution in [0.4, 0.5) is 0 Å². The molecule has 0 saturated carbocycles. The van der Waals surface area contributed by atoms with Crippen LogP contribution in [0.5, 0.6) is 0 Å². The minimum atomic E-state index is -3.68. The summed E-state index contributed by atoms with van der Waals surface area (Å²) in [6.45, 7) is 3.77. The second-order valence-corrected chi connectivity index (χ2v) is 11.0. The van der Waals surface area contributed by atoms with Crippen LogP contribution in [0.15, 0.2) is 58.2 Å². The SMILES string of the molecule is CCN(Cc1ccccc1)C(=O)C1CCN(S(=O)(=O)c2ccc3c(c2)sc(=O)n3C)CC1. The summed E-state index contributed by atoms with van der Waals surface area (Å²) in [7, 11) is -2.00. The van der Waals surface area contributed by atoms with Crippen molar-refractivity contribution in [2.75, 3.05) is 19.6 Å². The van der Waals surface area contributed by atoms with E-state index in [4.69, 9.17) is 0 Å². The molecule has 1 saturated heterocycles. The number of thiazole rings is 1. The monoisotopic (exact) mass is 473 g/mol. The van der Waals surface area contributed by atoms with Crippen molar-refractivity contribution in [2.24, 2.45) is 13.0 Å². The maximum atomic E-state index is 13.2. The lowest BCUT2D eigenvalue weighted by molar-refractivity contribution is -0.137. The molecule has 0 atom stereocenters. The maximum absolute atomic E-state index is 13.2. The van der Waals surface area contributed by atoms with E-state index in [-0.39, 0.29) is 21.6 Å². The molecule has 1 amide bonds. The molecule has 1 aromatic heterocycles. The number of carbonyl (C=O) groups is 1. The summed E-state index contributed by atoms with van der Waals surface area (Å²) in [4.78, 5) is 26.9. The van der Waals surface area contributed by atoms with Gasteiger partial charge in [0.2, 0.25) is 15.9 Å². The third-order valence-electron chi connectivity index (χ3n) is 6.11. The van der Waals surface area contributed by atoms with Crippen LogP contribution in [-0.2, 0) is 28.4 Å². The second kappa shape index (κ2) is 9.17. The molecular formula is C23H27N3O4S2. The summed E-state index contributed by atoms with van der Waals surface area (Å²) < 4.78 is 30.0. The summed E-state index contributed by atoms with van der Waals surface area (Å²) in [6.07, 6.45) is 1.01. The number of benzene rings is 2. The fourth-order valence-electron chi connectivity index (χ4n) is 4.17. The zero-order chi connectivity index (χ0) is 22.9. The molecule has 1 aliphatic heterocycles. The van der Waals surface area contributed by atoms with Crippen molar-refractivity contribution < 1.29 is 13.2 Å². The van der Waals surface area contributed by atoms with Crippen molar-refractivity contribution >= 4 is 37.5 Å². The van der Waals surface area contributed by atoms with Crippen LogP contribution in [0.3, 0.4) is 0 Å². The first kappa shape index (κ1) is 22.7. The molecule has 0 bridgehead atoms. The van der Waals surface area contributed by atoms with E-state index >= 15 is 0 Å². The second-order valence-electron chi connectivity index (χ2n) is 8.07. The standard InChI is InChI=1S/C23H27N3O4S2/c1-3-25(16-17-7-5-4-6-8-17)22(27)18-11-13-26(14-12-18)32(29,30)19-9-10-20-21(15-19)31-23(28)24(20)2/h4-10,15,18H,3,11-14,16H2,1-2H3. The van der Waals surface area contributed by atoms with Crippen LogP contribution in [0.2, 0.25) is 0 Å². The minimum absolute atomic E-state index is 0.0869. The van der Waals surface area contributed by atoms with E-state index in [9.17, 15) is 18.0 Å². The molecule has 9 heteroatoms. The highest BCUT2D eigenvalue weighted by atomic mass is 32.2. The Morgan fingerprint density at radius 3 is 2.47 bits per heavy atom. The van der Waals surface area contributed by atoms with Crippen LogP contribution in [0, 0.1) is 5.92 Å². The number of hydrogen-bond donors (Lipinski definition) is 0. The van der Waals surface area contributed by atoms with Gasteiger partial charge in [0, 0.05) is 39.1 Å². The number of hydrogen-bond acceptors (Lipinski definition) is 5. The Kier molecular flexibility index (Phi) is 6.50. The van der Waals surface area contributed by atoms with Gasteiger partial charge in [0.15, 0.2) is 0 Å². The van der Waals surface area contributed by atoms with Crippen LogP contribution < -0.4 is 4.87 Å². The first-order valence-electron chi connectivity index (χ1n) is 10.7. The molecule has 1 fully saturated rings. The van der Waals surface area contributed by atoms with E-state index in [0.29, 0.717) is 43.7 Å².